The molecule has 0 spiro atoms. The van der Waals surface area contributed by atoms with Gasteiger partial charge in [-0.2, -0.15) is 9.97 Å². The van der Waals surface area contributed by atoms with E-state index in [1.807, 2.05) is 34.9 Å². The molecule has 0 unspecified atom stereocenters. The lowest BCUT2D eigenvalue weighted by molar-refractivity contribution is -0.0405. The molecule has 3 heterocycles. The molecule has 0 aliphatic carbocycles. The molecule has 10 heteroatoms. The minimum Gasteiger partial charge on any atom is -0.471 e. The van der Waals surface area contributed by atoms with Gasteiger partial charge in [0.1, 0.15) is 18.9 Å². The fraction of sp³-hybridized carbons (Fsp3) is 0.522. The van der Waals surface area contributed by atoms with Gasteiger partial charge in [0.2, 0.25) is 11.8 Å². The normalized spacial score (nSPS) is 21.0. The first kappa shape index (κ1) is 23.6. The highest BCUT2D eigenvalue weighted by Gasteiger charge is 2.40. The molecule has 0 bridgehead atoms. The van der Waals surface area contributed by atoms with E-state index in [0.717, 1.165) is 24.4 Å². The first-order valence-corrected chi connectivity index (χ1v) is 14.6. The number of fused-ring (bicyclic) bond motifs is 1. The highest BCUT2D eigenvalue weighted by Crippen LogP contribution is 2.36. The van der Waals surface area contributed by atoms with Gasteiger partial charge >= 0.3 is 0 Å². The molecule has 0 saturated carbocycles. The van der Waals surface area contributed by atoms with Gasteiger partial charge in [0.25, 0.3) is 0 Å². The van der Waals surface area contributed by atoms with Crippen LogP contribution < -0.4 is 10.5 Å². The number of hydrogen-bond acceptors (Lipinski definition) is 8. The predicted octanol–water partition coefficient (Wildman–Crippen LogP) is 3.66. The number of aliphatic hydroxyl groups is 1. The third-order valence-electron chi connectivity index (χ3n) is 5.90. The maximum absolute atomic E-state index is 9.92. The van der Waals surface area contributed by atoms with Crippen molar-refractivity contribution in [2.24, 2.45) is 0 Å². The van der Waals surface area contributed by atoms with Crippen LogP contribution in [0.15, 0.2) is 36.7 Å². The largest absolute Gasteiger partial charge is 0.471 e. The summed E-state index contributed by atoms with van der Waals surface area (Å²) < 4.78 is 20.4. The lowest BCUT2D eigenvalue weighted by atomic mass is 10.2. The van der Waals surface area contributed by atoms with E-state index in [0.29, 0.717) is 30.1 Å². The molecule has 33 heavy (non-hydrogen) atoms. The SMILES string of the molecule is CCCC[Si](C)(C)O[C@H]1C[C@H](n2cnc3c(OCc4ccccc4)nc(N)nc32)O[C@@H]1CO. The molecule has 3 atom stereocenters. The zero-order chi connectivity index (χ0) is 23.4. The first-order valence-electron chi connectivity index (χ1n) is 11.5. The molecule has 9 nitrogen and oxygen atoms in total. The van der Waals surface area contributed by atoms with E-state index >= 15 is 0 Å². The summed E-state index contributed by atoms with van der Waals surface area (Å²) in [6.07, 6.45) is 3.61. The number of anilines is 1. The van der Waals surface area contributed by atoms with Crippen LogP contribution in [0.5, 0.6) is 5.88 Å². The van der Waals surface area contributed by atoms with Gasteiger partial charge in [0, 0.05) is 6.42 Å². The summed E-state index contributed by atoms with van der Waals surface area (Å²) in [5.74, 6) is 0.433. The lowest BCUT2D eigenvalue weighted by Gasteiger charge is -2.29. The molecule has 1 aliphatic rings. The minimum atomic E-state index is -1.86. The Labute approximate surface area is 195 Å². The van der Waals surface area contributed by atoms with Gasteiger partial charge in [-0.15, -0.1) is 0 Å². The molecule has 0 amide bonds. The highest BCUT2D eigenvalue weighted by atomic mass is 28.4. The van der Waals surface area contributed by atoms with E-state index in [-0.39, 0.29) is 24.9 Å². The number of aliphatic hydroxyl groups excluding tert-OH is 1. The first-order chi connectivity index (χ1) is 15.9. The summed E-state index contributed by atoms with van der Waals surface area (Å²) in [5.41, 5.74) is 8.06. The molecule has 178 valence electrons. The Balaban J connectivity index is 1.54. The second kappa shape index (κ2) is 10.2. The molecule has 4 rings (SSSR count). The molecule has 1 aliphatic heterocycles. The van der Waals surface area contributed by atoms with Crippen molar-refractivity contribution in [3.05, 3.63) is 42.2 Å². The van der Waals surface area contributed by atoms with Gasteiger partial charge in [-0.3, -0.25) is 4.57 Å². The number of hydrogen-bond donors (Lipinski definition) is 2. The number of unbranched alkanes of at least 4 members (excludes halogenated alkanes) is 1. The van der Waals surface area contributed by atoms with Gasteiger partial charge in [-0.05, 0) is 24.7 Å². The van der Waals surface area contributed by atoms with E-state index in [2.05, 4.69) is 35.0 Å². The maximum atomic E-state index is 9.92. The summed E-state index contributed by atoms with van der Waals surface area (Å²) in [6.45, 7) is 6.88. The van der Waals surface area contributed by atoms with Crippen molar-refractivity contribution in [1.29, 1.82) is 0 Å². The van der Waals surface area contributed by atoms with Crippen molar-refractivity contribution < 1.29 is 19.0 Å². The summed E-state index contributed by atoms with van der Waals surface area (Å²) in [7, 11) is -1.86. The number of aromatic nitrogens is 4. The zero-order valence-electron chi connectivity index (χ0n) is 19.5. The van der Waals surface area contributed by atoms with Crippen molar-refractivity contribution in [3.8, 4) is 5.88 Å². The Morgan fingerprint density at radius 3 is 2.76 bits per heavy atom. The van der Waals surface area contributed by atoms with Crippen LogP contribution in [0.4, 0.5) is 5.95 Å². The fourth-order valence-corrected chi connectivity index (χ4v) is 6.56. The molecule has 2 aromatic heterocycles. The van der Waals surface area contributed by atoms with Gasteiger partial charge in [-0.25, -0.2) is 4.98 Å². The monoisotopic (exact) mass is 471 g/mol. The number of nitrogens with zero attached hydrogens (tertiary/aromatic N) is 4. The van der Waals surface area contributed by atoms with Gasteiger partial charge in [-0.1, -0.05) is 50.1 Å². The number of nitrogens with two attached hydrogens (primary N) is 1. The second-order valence-corrected chi connectivity index (χ2v) is 13.3. The smallest absolute Gasteiger partial charge is 0.247 e. The molecule has 1 saturated heterocycles. The van der Waals surface area contributed by atoms with E-state index in [1.165, 1.54) is 0 Å². The predicted molar refractivity (Wildman–Crippen MR) is 128 cm³/mol. The molecular weight excluding hydrogens is 438 g/mol. The van der Waals surface area contributed by atoms with Crippen LogP contribution in [0.1, 0.15) is 38.0 Å². The van der Waals surface area contributed by atoms with E-state index in [4.69, 9.17) is 19.6 Å². The molecule has 3 aromatic rings. The van der Waals surface area contributed by atoms with Crippen LogP contribution in [0.2, 0.25) is 19.1 Å². The van der Waals surface area contributed by atoms with Crippen LogP contribution >= 0.6 is 0 Å². The maximum Gasteiger partial charge on any atom is 0.247 e. The Kier molecular flexibility index (Phi) is 7.28. The second-order valence-electron chi connectivity index (χ2n) is 9.05. The number of nitrogen functional groups attached to an aromatic ring is 1. The standard InChI is InChI=1S/C23H33N5O4Si/c1-4-5-11-33(2,3)32-17-12-19(31-18(17)13-29)28-15-25-20-21(28)26-23(24)27-22(20)30-14-16-9-7-6-8-10-16/h6-10,15,17-19,29H,4-5,11-14H2,1-3H3,(H2,24,26,27)/t17-,18+,19+/m0/s1. The Morgan fingerprint density at radius 1 is 1.24 bits per heavy atom. The van der Waals surface area contributed by atoms with Crippen LogP contribution in [0.25, 0.3) is 11.2 Å². The Morgan fingerprint density at radius 2 is 2.03 bits per heavy atom. The highest BCUT2D eigenvalue weighted by molar-refractivity contribution is 6.71. The Hall–Kier alpha value is -2.53. The number of benzene rings is 1. The quantitative estimate of drug-likeness (QED) is 0.430. The summed E-state index contributed by atoms with van der Waals surface area (Å²) >= 11 is 0. The minimum absolute atomic E-state index is 0.102. The summed E-state index contributed by atoms with van der Waals surface area (Å²) in [5, 5.41) is 9.92. The van der Waals surface area contributed by atoms with Gasteiger partial charge in [0.15, 0.2) is 19.5 Å². The van der Waals surface area contributed by atoms with Crippen LogP contribution in [0, 0.1) is 0 Å². The van der Waals surface area contributed by atoms with E-state index in [9.17, 15) is 5.11 Å². The van der Waals surface area contributed by atoms with Gasteiger partial charge in [0.05, 0.1) is 19.0 Å². The van der Waals surface area contributed by atoms with Crippen molar-refractivity contribution in [1.82, 2.24) is 19.5 Å². The molecule has 1 aromatic carbocycles. The van der Waals surface area contributed by atoms with Gasteiger partial charge < -0.3 is 24.7 Å². The van der Waals surface area contributed by atoms with Crippen molar-refractivity contribution in [2.45, 2.75) is 70.4 Å². The third-order valence-corrected chi connectivity index (χ3v) is 8.40. The average molecular weight is 472 g/mol. The number of rotatable bonds is 10. The third kappa shape index (κ3) is 5.52. The molecule has 1 fully saturated rings. The average Bonchev–Trinajstić information content (AvgIpc) is 3.40. The lowest BCUT2D eigenvalue weighted by Crippen LogP contribution is -2.40. The molecular formula is C23H33N5O4Si. The van der Waals surface area contributed by atoms with Crippen molar-refractivity contribution in [2.75, 3.05) is 12.3 Å². The number of imidazole rings is 1. The van der Waals surface area contributed by atoms with E-state index < -0.39 is 14.4 Å². The van der Waals surface area contributed by atoms with Crippen LogP contribution in [0.3, 0.4) is 0 Å². The molecule has 0 radical (unpaired) electrons. The number of ether oxygens (including phenoxy) is 2. The summed E-state index contributed by atoms with van der Waals surface area (Å²) in [6, 6.07) is 10.9. The van der Waals surface area contributed by atoms with E-state index in [1.54, 1.807) is 6.33 Å². The topological polar surface area (TPSA) is 118 Å². The van der Waals surface area contributed by atoms with Crippen molar-refractivity contribution in [3.63, 3.8) is 0 Å². The fourth-order valence-electron chi connectivity index (χ4n) is 4.17. The van der Waals surface area contributed by atoms with Crippen molar-refractivity contribution >= 4 is 25.4 Å². The molecule has 3 N–H and O–H groups in total. The summed E-state index contributed by atoms with van der Waals surface area (Å²) in [4.78, 5) is 13.1. The Bertz CT molecular complexity index is 1060. The zero-order valence-corrected chi connectivity index (χ0v) is 20.5. The van der Waals surface area contributed by atoms with Crippen LogP contribution in [-0.2, 0) is 15.8 Å². The van der Waals surface area contributed by atoms with Crippen LogP contribution in [-0.4, -0.2) is 51.8 Å².